The van der Waals surface area contributed by atoms with Crippen LogP contribution in [-0.2, 0) is 11.2 Å². The number of hydrogen-bond donors (Lipinski definition) is 1. The third-order valence-electron chi connectivity index (χ3n) is 3.87. The first kappa shape index (κ1) is 12.6. The third-order valence-corrected chi connectivity index (χ3v) is 3.87. The minimum absolute atomic E-state index is 0.290. The average molecular weight is 233 g/mol. The van der Waals surface area contributed by atoms with Crippen LogP contribution in [0.4, 0.5) is 0 Å². The van der Waals surface area contributed by atoms with Crippen molar-refractivity contribution in [3.05, 3.63) is 35.4 Å². The predicted molar refractivity (Wildman–Crippen MR) is 71.4 cm³/mol. The van der Waals surface area contributed by atoms with Crippen molar-refractivity contribution in [2.24, 2.45) is 0 Å². The molecule has 1 aromatic rings. The predicted octanol–water partition coefficient (Wildman–Crippen LogP) is 2.73. The summed E-state index contributed by atoms with van der Waals surface area (Å²) >= 11 is 0. The Labute approximate surface area is 104 Å². The molecule has 17 heavy (non-hydrogen) atoms. The fraction of sp³-hybridized carbons (Fsp3) is 0.600. The van der Waals surface area contributed by atoms with Crippen LogP contribution in [-0.4, -0.2) is 25.8 Å². The molecule has 0 aliphatic heterocycles. The lowest BCUT2D eigenvalue weighted by atomic mass is 9.74. The monoisotopic (exact) mass is 233 g/mol. The molecule has 0 bridgehead atoms. The summed E-state index contributed by atoms with van der Waals surface area (Å²) < 4.78 is 5.69. The smallest absolute Gasteiger partial charge is 0.0699 e. The van der Waals surface area contributed by atoms with E-state index in [4.69, 9.17) is 4.74 Å². The molecule has 3 unspecified atom stereocenters. The molecule has 3 atom stereocenters. The third kappa shape index (κ3) is 2.70. The molecule has 1 aliphatic rings. The van der Waals surface area contributed by atoms with Gasteiger partial charge in [-0.1, -0.05) is 24.3 Å². The molecule has 0 saturated carbocycles. The van der Waals surface area contributed by atoms with E-state index in [1.54, 1.807) is 0 Å². The van der Waals surface area contributed by atoms with E-state index in [-0.39, 0.29) is 6.10 Å². The zero-order valence-corrected chi connectivity index (χ0v) is 11.1. The first-order chi connectivity index (χ1) is 8.26. The van der Waals surface area contributed by atoms with Gasteiger partial charge in [0.25, 0.3) is 0 Å². The van der Waals surface area contributed by atoms with Crippen molar-refractivity contribution in [3.8, 4) is 0 Å². The summed E-state index contributed by atoms with van der Waals surface area (Å²) in [6.07, 6.45) is 2.69. The minimum atomic E-state index is 0.290. The summed E-state index contributed by atoms with van der Waals surface area (Å²) in [5.41, 5.74) is 3.06. The van der Waals surface area contributed by atoms with Gasteiger partial charge in [0.1, 0.15) is 0 Å². The summed E-state index contributed by atoms with van der Waals surface area (Å²) in [7, 11) is 2.03. The zero-order chi connectivity index (χ0) is 12.3. The van der Waals surface area contributed by atoms with Gasteiger partial charge in [-0.2, -0.15) is 0 Å². The van der Waals surface area contributed by atoms with Crippen molar-refractivity contribution in [1.82, 2.24) is 5.32 Å². The maximum absolute atomic E-state index is 5.69. The Morgan fingerprint density at radius 1 is 1.41 bits per heavy atom. The maximum atomic E-state index is 5.69. The highest BCUT2D eigenvalue weighted by Crippen LogP contribution is 2.38. The first-order valence-electron chi connectivity index (χ1n) is 6.63. The van der Waals surface area contributed by atoms with Gasteiger partial charge in [0.2, 0.25) is 0 Å². The van der Waals surface area contributed by atoms with Crippen LogP contribution in [0.15, 0.2) is 24.3 Å². The molecule has 0 amide bonds. The molecule has 1 aliphatic carbocycles. The Morgan fingerprint density at radius 2 is 2.18 bits per heavy atom. The van der Waals surface area contributed by atoms with Gasteiger partial charge in [-0.3, -0.25) is 0 Å². The van der Waals surface area contributed by atoms with Crippen molar-refractivity contribution in [1.29, 1.82) is 0 Å². The standard InChI is InChI=1S/C15H23NO/c1-4-17-11(2)15(16-3)10-13-9-12-7-5-6-8-14(12)13/h5-8,11,13,15-16H,4,9-10H2,1-3H3. The highest BCUT2D eigenvalue weighted by Gasteiger charge is 2.29. The number of benzene rings is 1. The second kappa shape index (κ2) is 5.65. The lowest BCUT2D eigenvalue weighted by Crippen LogP contribution is -2.40. The molecule has 2 nitrogen and oxygen atoms in total. The van der Waals surface area contributed by atoms with E-state index in [9.17, 15) is 0 Å². The first-order valence-corrected chi connectivity index (χ1v) is 6.63. The molecule has 0 aromatic heterocycles. The van der Waals surface area contributed by atoms with Gasteiger partial charge < -0.3 is 10.1 Å². The molecule has 1 N–H and O–H groups in total. The number of fused-ring (bicyclic) bond motifs is 1. The largest absolute Gasteiger partial charge is 0.377 e. The highest BCUT2D eigenvalue weighted by molar-refractivity contribution is 5.39. The van der Waals surface area contributed by atoms with Crippen LogP contribution in [0.25, 0.3) is 0 Å². The number of nitrogens with one attached hydrogen (secondary N) is 1. The summed E-state index contributed by atoms with van der Waals surface area (Å²) in [5.74, 6) is 0.714. The molecule has 2 heteroatoms. The van der Waals surface area contributed by atoms with E-state index in [0.29, 0.717) is 12.0 Å². The van der Waals surface area contributed by atoms with Crippen LogP contribution in [0, 0.1) is 0 Å². The minimum Gasteiger partial charge on any atom is -0.377 e. The number of hydrogen-bond acceptors (Lipinski definition) is 2. The number of rotatable bonds is 6. The topological polar surface area (TPSA) is 21.3 Å². The molecule has 0 saturated heterocycles. The van der Waals surface area contributed by atoms with E-state index in [2.05, 4.69) is 43.4 Å². The fourth-order valence-electron chi connectivity index (χ4n) is 2.80. The van der Waals surface area contributed by atoms with Crippen LogP contribution in [0.3, 0.4) is 0 Å². The van der Waals surface area contributed by atoms with E-state index in [0.717, 1.165) is 6.61 Å². The number of ether oxygens (including phenoxy) is 1. The maximum Gasteiger partial charge on any atom is 0.0699 e. The number of likely N-dealkylation sites (N-methyl/N-ethyl adjacent to an activating group) is 1. The fourth-order valence-corrected chi connectivity index (χ4v) is 2.80. The van der Waals surface area contributed by atoms with E-state index in [1.807, 2.05) is 7.05 Å². The van der Waals surface area contributed by atoms with Gasteiger partial charge >= 0.3 is 0 Å². The zero-order valence-electron chi connectivity index (χ0n) is 11.1. The van der Waals surface area contributed by atoms with Gasteiger partial charge in [0.15, 0.2) is 0 Å². The Morgan fingerprint density at radius 3 is 2.82 bits per heavy atom. The Bertz CT molecular complexity index is 364. The normalized spacial score (nSPS) is 21.5. The molecule has 2 rings (SSSR count). The van der Waals surface area contributed by atoms with Crippen molar-refractivity contribution in [2.45, 2.75) is 44.8 Å². The second-order valence-electron chi connectivity index (χ2n) is 4.89. The molecule has 94 valence electrons. The van der Waals surface area contributed by atoms with Gasteiger partial charge in [0.05, 0.1) is 6.10 Å². The van der Waals surface area contributed by atoms with E-state index in [1.165, 1.54) is 24.0 Å². The summed E-state index contributed by atoms with van der Waals surface area (Å²) in [5, 5.41) is 3.39. The van der Waals surface area contributed by atoms with E-state index >= 15 is 0 Å². The Hall–Kier alpha value is -0.860. The van der Waals surface area contributed by atoms with Crippen LogP contribution in [0.1, 0.15) is 37.3 Å². The lowest BCUT2D eigenvalue weighted by molar-refractivity contribution is 0.0447. The molecule has 0 fully saturated rings. The van der Waals surface area contributed by atoms with Crippen LogP contribution in [0.5, 0.6) is 0 Å². The van der Waals surface area contributed by atoms with Gasteiger partial charge in [-0.15, -0.1) is 0 Å². The molecule has 0 radical (unpaired) electrons. The van der Waals surface area contributed by atoms with Crippen LogP contribution in [0.2, 0.25) is 0 Å². The van der Waals surface area contributed by atoms with Crippen molar-refractivity contribution in [3.63, 3.8) is 0 Å². The Balaban J connectivity index is 1.93. The van der Waals surface area contributed by atoms with Crippen LogP contribution < -0.4 is 5.32 Å². The van der Waals surface area contributed by atoms with Gasteiger partial charge in [-0.25, -0.2) is 0 Å². The van der Waals surface area contributed by atoms with Crippen LogP contribution >= 0.6 is 0 Å². The SMILES string of the molecule is CCOC(C)C(CC1Cc2ccccc21)NC. The highest BCUT2D eigenvalue weighted by atomic mass is 16.5. The molecule has 1 aromatic carbocycles. The second-order valence-corrected chi connectivity index (χ2v) is 4.89. The van der Waals surface area contributed by atoms with Crippen molar-refractivity contribution >= 4 is 0 Å². The quantitative estimate of drug-likeness (QED) is 0.815. The van der Waals surface area contributed by atoms with Crippen molar-refractivity contribution in [2.75, 3.05) is 13.7 Å². The molecule has 0 spiro atoms. The van der Waals surface area contributed by atoms with Gasteiger partial charge in [-0.05, 0) is 50.8 Å². The molecular weight excluding hydrogens is 210 g/mol. The van der Waals surface area contributed by atoms with Gasteiger partial charge in [0, 0.05) is 12.6 Å². The summed E-state index contributed by atoms with van der Waals surface area (Å²) in [4.78, 5) is 0. The average Bonchev–Trinajstić information content (AvgIpc) is 2.31. The summed E-state index contributed by atoms with van der Waals surface area (Å²) in [6, 6.07) is 9.24. The summed E-state index contributed by atoms with van der Waals surface area (Å²) in [6.45, 7) is 5.01. The lowest BCUT2D eigenvalue weighted by Gasteiger charge is -2.34. The molecular formula is C15H23NO. The Kier molecular flexibility index (Phi) is 4.19. The molecule has 0 heterocycles. The van der Waals surface area contributed by atoms with E-state index < -0.39 is 0 Å². The van der Waals surface area contributed by atoms with Crippen molar-refractivity contribution < 1.29 is 4.74 Å².